The van der Waals surface area contributed by atoms with Crippen LogP contribution in [-0.2, 0) is 0 Å². The van der Waals surface area contributed by atoms with Crippen LogP contribution in [0.5, 0.6) is 0 Å². The number of aromatic nitrogens is 1. The topological polar surface area (TPSA) is 24.9 Å². The molecule has 1 aromatic rings. The van der Waals surface area contributed by atoms with E-state index < -0.39 is 0 Å². The van der Waals surface area contributed by atoms with Crippen molar-refractivity contribution in [3.05, 3.63) is 16.6 Å². The summed E-state index contributed by atoms with van der Waals surface area (Å²) in [6.07, 6.45) is 8.21. The second-order valence-electron chi connectivity index (χ2n) is 3.12. The van der Waals surface area contributed by atoms with Gasteiger partial charge in [0.1, 0.15) is 0 Å². The third-order valence-electron chi connectivity index (χ3n) is 2.07. The minimum atomic E-state index is 0.375. The first kappa shape index (κ1) is 11.2. The highest BCUT2D eigenvalue weighted by Crippen LogP contribution is 2.18. The Morgan fingerprint density at radius 1 is 1.71 bits per heavy atom. The smallest absolute Gasteiger partial charge is 0.0795 e. The van der Waals surface area contributed by atoms with Gasteiger partial charge in [0.15, 0.2) is 0 Å². The zero-order valence-electron chi connectivity index (χ0n) is 8.49. The predicted molar refractivity (Wildman–Crippen MR) is 61.2 cm³/mol. The molecule has 2 nitrogen and oxygen atoms in total. The van der Waals surface area contributed by atoms with E-state index >= 15 is 0 Å². The minimum absolute atomic E-state index is 0.375. The summed E-state index contributed by atoms with van der Waals surface area (Å²) >= 11 is 1.64. The van der Waals surface area contributed by atoms with Gasteiger partial charge in [0, 0.05) is 11.8 Å². The molecule has 1 unspecified atom stereocenters. The molecule has 0 saturated heterocycles. The number of nitrogens with zero attached hydrogens (tertiary/aromatic N) is 1. The van der Waals surface area contributed by atoms with Crippen LogP contribution in [0.2, 0.25) is 0 Å². The maximum Gasteiger partial charge on any atom is 0.0795 e. The van der Waals surface area contributed by atoms with Crippen LogP contribution < -0.4 is 5.32 Å². The van der Waals surface area contributed by atoms with E-state index in [1.807, 2.05) is 5.51 Å². The Kier molecular flexibility index (Phi) is 5.28. The maximum absolute atomic E-state index is 5.22. The molecule has 0 aliphatic heterocycles. The van der Waals surface area contributed by atoms with E-state index in [4.69, 9.17) is 6.42 Å². The van der Waals surface area contributed by atoms with Crippen LogP contribution in [0.15, 0.2) is 10.9 Å². The lowest BCUT2D eigenvalue weighted by Gasteiger charge is -2.14. The maximum atomic E-state index is 5.22. The first-order valence-electron chi connectivity index (χ1n) is 4.93. The Bertz CT molecular complexity index is 274. The van der Waals surface area contributed by atoms with Gasteiger partial charge >= 0.3 is 0 Å². The number of thiazole rings is 1. The van der Waals surface area contributed by atoms with Crippen LogP contribution in [0, 0.1) is 12.3 Å². The van der Waals surface area contributed by atoms with Gasteiger partial charge in [-0.05, 0) is 19.4 Å². The van der Waals surface area contributed by atoms with Crippen molar-refractivity contribution < 1.29 is 0 Å². The van der Waals surface area contributed by atoms with Crippen molar-refractivity contribution in [2.24, 2.45) is 0 Å². The zero-order valence-corrected chi connectivity index (χ0v) is 9.31. The van der Waals surface area contributed by atoms with Gasteiger partial charge in [0.25, 0.3) is 0 Å². The minimum Gasteiger partial charge on any atom is -0.309 e. The van der Waals surface area contributed by atoms with Crippen molar-refractivity contribution >= 4 is 11.3 Å². The number of hydrogen-bond acceptors (Lipinski definition) is 3. The fraction of sp³-hybridized carbons (Fsp3) is 0.545. The monoisotopic (exact) mass is 208 g/mol. The standard InChI is InChI=1S/C11H16N2S/c1-3-5-6-7-10(12-4-2)11-8-14-9-13-11/h1,8-10,12H,4-7H2,2H3. The molecule has 0 amide bonds. The molecule has 76 valence electrons. The highest BCUT2D eigenvalue weighted by atomic mass is 32.1. The van der Waals surface area contributed by atoms with Gasteiger partial charge in [-0.3, -0.25) is 0 Å². The first-order valence-corrected chi connectivity index (χ1v) is 5.87. The lowest BCUT2D eigenvalue weighted by atomic mass is 10.1. The fourth-order valence-corrected chi connectivity index (χ4v) is 2.01. The molecule has 1 atom stereocenters. The lowest BCUT2D eigenvalue weighted by Crippen LogP contribution is -2.21. The highest BCUT2D eigenvalue weighted by Gasteiger charge is 2.10. The van der Waals surface area contributed by atoms with Gasteiger partial charge in [-0.15, -0.1) is 23.7 Å². The van der Waals surface area contributed by atoms with Gasteiger partial charge in [0.2, 0.25) is 0 Å². The molecule has 0 aromatic carbocycles. The first-order chi connectivity index (χ1) is 6.88. The molecule has 0 fully saturated rings. The molecule has 3 heteroatoms. The molecule has 0 aliphatic rings. The summed E-state index contributed by atoms with van der Waals surface area (Å²) in [4.78, 5) is 4.32. The third kappa shape index (κ3) is 3.49. The summed E-state index contributed by atoms with van der Waals surface area (Å²) in [5.74, 6) is 2.66. The second-order valence-corrected chi connectivity index (χ2v) is 3.84. The van der Waals surface area contributed by atoms with Crippen LogP contribution in [0.3, 0.4) is 0 Å². The highest BCUT2D eigenvalue weighted by molar-refractivity contribution is 7.07. The summed E-state index contributed by atoms with van der Waals surface area (Å²) in [6.45, 7) is 3.08. The van der Waals surface area contributed by atoms with Crippen molar-refractivity contribution in [3.8, 4) is 12.3 Å². The van der Waals surface area contributed by atoms with Gasteiger partial charge in [-0.2, -0.15) is 0 Å². The van der Waals surface area contributed by atoms with Gasteiger partial charge in [0.05, 0.1) is 17.2 Å². The van der Waals surface area contributed by atoms with Crippen LogP contribution in [0.25, 0.3) is 0 Å². The third-order valence-corrected chi connectivity index (χ3v) is 2.68. The lowest BCUT2D eigenvalue weighted by molar-refractivity contribution is 0.493. The Morgan fingerprint density at radius 2 is 2.57 bits per heavy atom. The quantitative estimate of drug-likeness (QED) is 0.574. The number of unbranched alkanes of at least 4 members (excludes halogenated alkanes) is 1. The molecule has 0 spiro atoms. The van der Waals surface area contributed by atoms with Gasteiger partial charge in [-0.25, -0.2) is 4.98 Å². The molecule has 0 saturated carbocycles. The Balaban J connectivity index is 2.44. The van der Waals surface area contributed by atoms with Crippen molar-refractivity contribution in [1.29, 1.82) is 0 Å². The SMILES string of the molecule is C#CCCCC(NCC)c1cscn1. The van der Waals surface area contributed by atoms with E-state index in [2.05, 4.69) is 28.5 Å². The van der Waals surface area contributed by atoms with Crippen LogP contribution >= 0.6 is 11.3 Å². The second kappa shape index (κ2) is 6.58. The van der Waals surface area contributed by atoms with E-state index in [1.165, 1.54) is 0 Å². The Morgan fingerprint density at radius 3 is 3.14 bits per heavy atom. The molecular weight excluding hydrogens is 192 g/mol. The molecule has 1 N–H and O–H groups in total. The molecule has 0 bridgehead atoms. The summed E-state index contributed by atoms with van der Waals surface area (Å²) in [6, 6.07) is 0.375. The van der Waals surface area contributed by atoms with Crippen molar-refractivity contribution in [2.75, 3.05) is 6.54 Å². The van der Waals surface area contributed by atoms with Gasteiger partial charge < -0.3 is 5.32 Å². The molecule has 1 aromatic heterocycles. The van der Waals surface area contributed by atoms with E-state index in [-0.39, 0.29) is 0 Å². The van der Waals surface area contributed by atoms with E-state index in [1.54, 1.807) is 11.3 Å². The van der Waals surface area contributed by atoms with E-state index in [0.717, 1.165) is 31.5 Å². The molecule has 14 heavy (non-hydrogen) atoms. The van der Waals surface area contributed by atoms with E-state index in [0.29, 0.717) is 6.04 Å². The summed E-state index contributed by atoms with van der Waals surface area (Å²) < 4.78 is 0. The number of rotatable bonds is 6. The average molecular weight is 208 g/mol. The number of hydrogen-bond donors (Lipinski definition) is 1. The zero-order chi connectivity index (χ0) is 10.2. The Hall–Kier alpha value is -0.850. The molecular formula is C11H16N2S. The molecule has 0 radical (unpaired) electrons. The summed E-state index contributed by atoms with van der Waals surface area (Å²) in [5.41, 5.74) is 3.02. The van der Waals surface area contributed by atoms with Crippen LogP contribution in [-0.4, -0.2) is 11.5 Å². The molecule has 1 rings (SSSR count). The van der Waals surface area contributed by atoms with Crippen LogP contribution in [0.1, 0.15) is 37.9 Å². The Labute approximate surface area is 89.8 Å². The number of terminal acetylenes is 1. The van der Waals surface area contributed by atoms with Crippen LogP contribution in [0.4, 0.5) is 0 Å². The largest absolute Gasteiger partial charge is 0.309 e. The van der Waals surface area contributed by atoms with E-state index in [9.17, 15) is 0 Å². The van der Waals surface area contributed by atoms with Crippen molar-refractivity contribution in [1.82, 2.24) is 10.3 Å². The van der Waals surface area contributed by atoms with Crippen molar-refractivity contribution in [3.63, 3.8) is 0 Å². The van der Waals surface area contributed by atoms with Crippen molar-refractivity contribution in [2.45, 2.75) is 32.2 Å². The average Bonchev–Trinajstić information content (AvgIpc) is 2.70. The summed E-state index contributed by atoms with van der Waals surface area (Å²) in [7, 11) is 0. The predicted octanol–water partition coefficient (Wildman–Crippen LogP) is 2.60. The summed E-state index contributed by atoms with van der Waals surface area (Å²) in [5, 5.41) is 5.52. The van der Waals surface area contributed by atoms with Gasteiger partial charge in [-0.1, -0.05) is 6.92 Å². The fourth-order valence-electron chi connectivity index (χ4n) is 1.40. The molecule has 0 aliphatic carbocycles. The molecule has 1 heterocycles. The normalized spacial score (nSPS) is 12.3. The number of nitrogens with one attached hydrogen (secondary N) is 1.